The van der Waals surface area contributed by atoms with Crippen LogP contribution in [0.5, 0.6) is 0 Å². The predicted molar refractivity (Wildman–Crippen MR) is 120 cm³/mol. The minimum Gasteiger partial charge on any atom is -0.325 e. The molecule has 2 aromatic carbocycles. The van der Waals surface area contributed by atoms with Gasteiger partial charge in [0.25, 0.3) is 0 Å². The summed E-state index contributed by atoms with van der Waals surface area (Å²) in [6.07, 6.45) is 5.23. The van der Waals surface area contributed by atoms with Gasteiger partial charge < -0.3 is 10.7 Å². The van der Waals surface area contributed by atoms with Crippen molar-refractivity contribution in [1.29, 1.82) is 0 Å². The highest BCUT2D eigenvalue weighted by atomic mass is 35.5. The standard InChI is InChI=1S/C22H22ClN5OS/c23-16-10-7-11-17(14-16)24-20(29)18-22(12-5-2-6-13-22)27-28-19(25-26-21(28)30-18)15-8-3-1-4-9-15/h1,3-4,7-11,14,18,27H,2,5-6,12-13H2,(H,24,29)/t18-/m1/s1. The molecule has 2 N–H and O–H groups in total. The minimum atomic E-state index is -0.343. The summed E-state index contributed by atoms with van der Waals surface area (Å²) >= 11 is 7.58. The number of nitrogens with zero attached hydrogens (tertiary/aromatic N) is 3. The molecule has 0 radical (unpaired) electrons. The first-order valence-electron chi connectivity index (χ1n) is 10.2. The molecule has 3 aromatic rings. The van der Waals surface area contributed by atoms with Gasteiger partial charge in [-0.05, 0) is 31.0 Å². The molecule has 2 aliphatic rings. The van der Waals surface area contributed by atoms with Gasteiger partial charge in [-0.2, -0.15) is 0 Å². The van der Waals surface area contributed by atoms with Crippen LogP contribution < -0.4 is 10.7 Å². The molecule has 1 amide bonds. The van der Waals surface area contributed by atoms with Crippen LogP contribution in [0, 0.1) is 0 Å². The van der Waals surface area contributed by atoms with E-state index in [2.05, 4.69) is 20.9 Å². The van der Waals surface area contributed by atoms with E-state index in [-0.39, 0.29) is 16.7 Å². The highest BCUT2D eigenvalue weighted by molar-refractivity contribution is 8.00. The Bertz CT molecular complexity index is 1060. The van der Waals surface area contributed by atoms with E-state index in [1.807, 2.05) is 47.1 Å². The maximum atomic E-state index is 13.4. The van der Waals surface area contributed by atoms with Gasteiger partial charge in [0.05, 0.1) is 5.54 Å². The Morgan fingerprint density at radius 1 is 1.10 bits per heavy atom. The maximum absolute atomic E-state index is 13.4. The van der Waals surface area contributed by atoms with Crippen molar-refractivity contribution in [2.75, 3.05) is 10.7 Å². The number of amides is 1. The molecule has 5 rings (SSSR count). The summed E-state index contributed by atoms with van der Waals surface area (Å²) in [6.45, 7) is 0. The predicted octanol–water partition coefficient (Wildman–Crippen LogP) is 4.96. The van der Waals surface area contributed by atoms with Crippen molar-refractivity contribution >= 4 is 35.0 Å². The Labute approximate surface area is 184 Å². The highest BCUT2D eigenvalue weighted by Gasteiger charge is 2.49. The first-order chi connectivity index (χ1) is 14.6. The van der Waals surface area contributed by atoms with Crippen molar-refractivity contribution in [3.8, 4) is 11.4 Å². The fraction of sp³-hybridized carbons (Fsp3) is 0.318. The summed E-state index contributed by atoms with van der Waals surface area (Å²) in [6, 6.07) is 17.3. The van der Waals surface area contributed by atoms with Crippen LogP contribution in [0.2, 0.25) is 5.02 Å². The van der Waals surface area contributed by atoms with Crippen LogP contribution in [-0.2, 0) is 4.79 Å². The third kappa shape index (κ3) is 3.56. The third-order valence-electron chi connectivity index (χ3n) is 5.80. The van der Waals surface area contributed by atoms with E-state index in [0.717, 1.165) is 37.1 Å². The van der Waals surface area contributed by atoms with E-state index >= 15 is 0 Å². The number of anilines is 1. The third-order valence-corrected chi connectivity index (χ3v) is 7.41. The summed E-state index contributed by atoms with van der Waals surface area (Å²) in [4.78, 5) is 13.4. The Morgan fingerprint density at radius 2 is 1.90 bits per heavy atom. The minimum absolute atomic E-state index is 0.0350. The number of aromatic nitrogens is 3. The highest BCUT2D eigenvalue weighted by Crippen LogP contribution is 2.44. The first kappa shape index (κ1) is 19.5. The largest absolute Gasteiger partial charge is 0.325 e. The molecular formula is C22H22ClN5OS. The Balaban J connectivity index is 1.49. The number of hydrogen-bond acceptors (Lipinski definition) is 5. The first-order valence-corrected chi connectivity index (χ1v) is 11.4. The normalized spacial score (nSPS) is 19.7. The topological polar surface area (TPSA) is 71.8 Å². The lowest BCUT2D eigenvalue weighted by molar-refractivity contribution is -0.117. The van der Waals surface area contributed by atoms with Crippen LogP contribution in [0.25, 0.3) is 11.4 Å². The molecule has 1 fully saturated rings. The summed E-state index contributed by atoms with van der Waals surface area (Å²) in [7, 11) is 0. The Morgan fingerprint density at radius 3 is 2.67 bits per heavy atom. The molecule has 0 unspecified atom stereocenters. The quantitative estimate of drug-likeness (QED) is 0.603. The number of halogens is 1. The monoisotopic (exact) mass is 439 g/mol. The molecule has 154 valence electrons. The smallest absolute Gasteiger partial charge is 0.240 e. The van der Waals surface area contributed by atoms with Crippen molar-refractivity contribution < 1.29 is 4.79 Å². The van der Waals surface area contributed by atoms with Crippen molar-refractivity contribution in [3.05, 3.63) is 59.6 Å². The van der Waals surface area contributed by atoms with Gasteiger partial charge in [-0.25, -0.2) is 4.68 Å². The second kappa shape index (κ2) is 7.96. The number of benzene rings is 2. The Kier molecular flexibility index (Phi) is 5.16. The van der Waals surface area contributed by atoms with Gasteiger partial charge >= 0.3 is 0 Å². The fourth-order valence-corrected chi connectivity index (χ4v) is 5.76. The van der Waals surface area contributed by atoms with Gasteiger partial charge in [-0.3, -0.25) is 4.79 Å². The molecule has 1 aliphatic heterocycles. The van der Waals surface area contributed by atoms with E-state index < -0.39 is 0 Å². The van der Waals surface area contributed by atoms with E-state index in [9.17, 15) is 4.79 Å². The zero-order valence-corrected chi connectivity index (χ0v) is 17.9. The molecule has 1 saturated carbocycles. The Hall–Kier alpha value is -2.51. The molecule has 1 aromatic heterocycles. The molecule has 0 saturated heterocycles. The van der Waals surface area contributed by atoms with Crippen LogP contribution >= 0.6 is 23.4 Å². The van der Waals surface area contributed by atoms with Crippen LogP contribution in [0.4, 0.5) is 5.69 Å². The molecule has 6 nitrogen and oxygen atoms in total. The van der Waals surface area contributed by atoms with Gasteiger partial charge in [0.2, 0.25) is 11.1 Å². The van der Waals surface area contributed by atoms with E-state index in [1.54, 1.807) is 12.1 Å². The van der Waals surface area contributed by atoms with Gasteiger partial charge in [0.1, 0.15) is 5.25 Å². The molecule has 30 heavy (non-hydrogen) atoms. The molecule has 2 heterocycles. The van der Waals surface area contributed by atoms with Crippen LogP contribution in [0.3, 0.4) is 0 Å². The van der Waals surface area contributed by atoms with Crippen molar-refractivity contribution in [2.45, 2.75) is 48.0 Å². The van der Waals surface area contributed by atoms with Gasteiger partial charge in [0.15, 0.2) is 5.82 Å². The van der Waals surface area contributed by atoms with Crippen LogP contribution in [0.1, 0.15) is 32.1 Å². The summed E-state index contributed by atoms with van der Waals surface area (Å²) < 4.78 is 1.97. The number of nitrogens with one attached hydrogen (secondary N) is 2. The van der Waals surface area contributed by atoms with Crippen LogP contribution in [0.15, 0.2) is 59.8 Å². The van der Waals surface area contributed by atoms with Crippen LogP contribution in [-0.4, -0.2) is 31.6 Å². The lowest BCUT2D eigenvalue weighted by Gasteiger charge is -2.46. The number of carbonyl (C=O) groups is 1. The maximum Gasteiger partial charge on any atom is 0.240 e. The zero-order valence-electron chi connectivity index (χ0n) is 16.3. The fourth-order valence-electron chi connectivity index (χ4n) is 4.36. The average molecular weight is 440 g/mol. The average Bonchev–Trinajstić information content (AvgIpc) is 3.16. The van der Waals surface area contributed by atoms with E-state index in [4.69, 9.17) is 11.6 Å². The second-order valence-electron chi connectivity index (χ2n) is 7.83. The van der Waals surface area contributed by atoms with Gasteiger partial charge in [0, 0.05) is 16.3 Å². The molecule has 8 heteroatoms. The summed E-state index contributed by atoms with van der Waals surface area (Å²) in [5, 5.41) is 12.8. The number of hydrogen-bond donors (Lipinski definition) is 2. The molecule has 1 atom stereocenters. The second-order valence-corrected chi connectivity index (χ2v) is 9.34. The molecule has 1 spiro atoms. The van der Waals surface area contributed by atoms with Crippen molar-refractivity contribution in [3.63, 3.8) is 0 Å². The summed E-state index contributed by atoms with van der Waals surface area (Å²) in [5.41, 5.74) is 5.03. The SMILES string of the molecule is O=C(Nc1cccc(Cl)c1)[C@H]1Sc2nnc(-c3ccccc3)n2NC12CCCCC2. The number of thioether (sulfide) groups is 1. The number of rotatable bonds is 3. The van der Waals surface area contributed by atoms with E-state index in [1.165, 1.54) is 18.2 Å². The summed E-state index contributed by atoms with van der Waals surface area (Å²) in [5.74, 6) is 0.740. The van der Waals surface area contributed by atoms with Gasteiger partial charge in [-0.15, -0.1) is 10.2 Å². The molecule has 1 aliphatic carbocycles. The van der Waals surface area contributed by atoms with Gasteiger partial charge in [-0.1, -0.05) is 79.0 Å². The number of carbonyl (C=O) groups excluding carboxylic acids is 1. The lowest BCUT2D eigenvalue weighted by Crippen LogP contribution is -2.59. The lowest BCUT2D eigenvalue weighted by atomic mass is 9.79. The van der Waals surface area contributed by atoms with Crippen molar-refractivity contribution in [1.82, 2.24) is 14.9 Å². The van der Waals surface area contributed by atoms with Crippen molar-refractivity contribution in [2.24, 2.45) is 0 Å². The van der Waals surface area contributed by atoms with E-state index in [0.29, 0.717) is 15.9 Å². The molecular weight excluding hydrogens is 418 g/mol. The number of fused-ring (bicyclic) bond motifs is 1. The molecule has 0 bridgehead atoms. The zero-order chi connectivity index (χ0) is 20.6.